The van der Waals surface area contributed by atoms with Gasteiger partial charge in [-0.25, -0.2) is 0 Å². The molecule has 0 fully saturated rings. The fraction of sp³-hybridized carbons (Fsp3) is 0.857. The summed E-state index contributed by atoms with van der Waals surface area (Å²) in [6.07, 6.45) is 3.33. The molecule has 0 spiro atoms. The molecule has 3 heteroatoms. The van der Waals surface area contributed by atoms with Crippen molar-refractivity contribution in [2.45, 2.75) is 25.4 Å². The molecule has 0 rings (SSSR count). The van der Waals surface area contributed by atoms with Crippen molar-refractivity contribution in [3.05, 3.63) is 6.42 Å². The van der Waals surface area contributed by atoms with Crippen LogP contribution in [0.5, 0.6) is 0 Å². The van der Waals surface area contributed by atoms with Gasteiger partial charge in [0.05, 0.1) is 12.7 Å². The average Bonchev–Trinajstić information content (AvgIpc) is 1.98. The molecule has 0 aliphatic heterocycles. The lowest BCUT2D eigenvalue weighted by Gasteiger charge is -2.04. The highest BCUT2D eigenvalue weighted by atomic mass is 16.3. The van der Waals surface area contributed by atoms with Crippen LogP contribution in [-0.4, -0.2) is 34.6 Å². The Morgan fingerprint density at radius 3 is 2.40 bits per heavy atom. The Kier molecular flexibility index (Phi) is 6.91. The van der Waals surface area contributed by atoms with Gasteiger partial charge in [-0.15, -0.1) is 0 Å². The molecule has 61 valence electrons. The van der Waals surface area contributed by atoms with Crippen molar-refractivity contribution in [3.8, 4) is 0 Å². The zero-order valence-corrected chi connectivity index (χ0v) is 6.03. The van der Waals surface area contributed by atoms with E-state index in [9.17, 15) is 0 Å². The van der Waals surface area contributed by atoms with Crippen molar-refractivity contribution in [1.82, 2.24) is 0 Å². The number of aliphatic hydroxyl groups excluding tert-OH is 3. The van der Waals surface area contributed by atoms with Gasteiger partial charge >= 0.3 is 0 Å². The van der Waals surface area contributed by atoms with E-state index in [1.807, 2.05) is 0 Å². The predicted molar refractivity (Wildman–Crippen MR) is 38.3 cm³/mol. The Morgan fingerprint density at radius 2 is 1.90 bits per heavy atom. The second-order valence-corrected chi connectivity index (χ2v) is 2.21. The summed E-state index contributed by atoms with van der Waals surface area (Å²) >= 11 is 0. The van der Waals surface area contributed by atoms with E-state index in [-0.39, 0.29) is 13.2 Å². The third kappa shape index (κ3) is 6.01. The molecule has 0 aliphatic carbocycles. The SMILES string of the molecule is OCCCC[CH]C(O)CO. The quantitative estimate of drug-likeness (QED) is 0.452. The molecule has 1 unspecified atom stereocenters. The maximum atomic E-state index is 8.79. The largest absolute Gasteiger partial charge is 0.396 e. The Morgan fingerprint density at radius 1 is 1.20 bits per heavy atom. The van der Waals surface area contributed by atoms with Gasteiger partial charge in [0.2, 0.25) is 0 Å². The smallest absolute Gasteiger partial charge is 0.0802 e. The maximum Gasteiger partial charge on any atom is 0.0802 e. The summed E-state index contributed by atoms with van der Waals surface area (Å²) in [6, 6.07) is 0. The molecule has 3 nitrogen and oxygen atoms in total. The van der Waals surface area contributed by atoms with Gasteiger partial charge in [-0.2, -0.15) is 0 Å². The van der Waals surface area contributed by atoms with Crippen LogP contribution >= 0.6 is 0 Å². The van der Waals surface area contributed by atoms with Crippen molar-refractivity contribution in [2.75, 3.05) is 13.2 Å². The third-order valence-electron chi connectivity index (χ3n) is 1.24. The minimum absolute atomic E-state index is 0.197. The molecule has 0 aliphatic rings. The van der Waals surface area contributed by atoms with Crippen LogP contribution in [0.1, 0.15) is 19.3 Å². The summed E-state index contributed by atoms with van der Waals surface area (Å²) in [7, 11) is 0. The highest BCUT2D eigenvalue weighted by Gasteiger charge is 2.00. The molecule has 0 bridgehead atoms. The Hall–Kier alpha value is -0.120. The van der Waals surface area contributed by atoms with E-state index in [1.54, 1.807) is 6.42 Å². The summed E-state index contributed by atoms with van der Waals surface area (Å²) in [6.45, 7) is -0.0117. The van der Waals surface area contributed by atoms with Gasteiger partial charge in [-0.3, -0.25) is 0 Å². The van der Waals surface area contributed by atoms with Crippen molar-refractivity contribution >= 4 is 0 Å². The lowest BCUT2D eigenvalue weighted by molar-refractivity contribution is 0.116. The first-order valence-electron chi connectivity index (χ1n) is 3.54. The van der Waals surface area contributed by atoms with Gasteiger partial charge in [0.15, 0.2) is 0 Å². The molecule has 0 amide bonds. The van der Waals surface area contributed by atoms with Crippen LogP contribution in [0.4, 0.5) is 0 Å². The van der Waals surface area contributed by atoms with E-state index >= 15 is 0 Å². The van der Waals surface area contributed by atoms with Crippen LogP contribution in [0.15, 0.2) is 0 Å². The lowest BCUT2D eigenvalue weighted by atomic mass is 10.1. The monoisotopic (exact) mass is 147 g/mol. The van der Waals surface area contributed by atoms with E-state index < -0.39 is 6.10 Å². The van der Waals surface area contributed by atoms with E-state index in [0.717, 1.165) is 19.3 Å². The van der Waals surface area contributed by atoms with Crippen LogP contribution < -0.4 is 0 Å². The molecule has 1 radical (unpaired) electrons. The van der Waals surface area contributed by atoms with Crippen LogP contribution in [0.2, 0.25) is 0 Å². The second kappa shape index (κ2) is 6.99. The Labute approximate surface area is 61.3 Å². The molecule has 0 aromatic rings. The molecule has 0 heterocycles. The molecular weight excluding hydrogens is 132 g/mol. The van der Waals surface area contributed by atoms with Gasteiger partial charge in [0.25, 0.3) is 0 Å². The zero-order valence-electron chi connectivity index (χ0n) is 6.03. The Bertz CT molecular complexity index is 65.9. The third-order valence-corrected chi connectivity index (χ3v) is 1.24. The summed E-state index contributed by atoms with van der Waals surface area (Å²) in [5.74, 6) is 0. The molecule has 1 atom stereocenters. The van der Waals surface area contributed by atoms with Crippen LogP contribution in [0.25, 0.3) is 0 Å². The molecule has 0 aromatic heterocycles. The Balaban J connectivity index is 2.89. The first-order chi connectivity index (χ1) is 4.81. The molecule has 3 N–H and O–H groups in total. The average molecular weight is 147 g/mol. The minimum atomic E-state index is -0.696. The van der Waals surface area contributed by atoms with E-state index in [4.69, 9.17) is 15.3 Å². The number of unbranched alkanes of at least 4 members (excludes halogenated alkanes) is 2. The fourth-order valence-electron chi connectivity index (χ4n) is 0.641. The summed E-state index contributed by atoms with van der Waals surface area (Å²) in [5.41, 5.74) is 0. The normalized spacial score (nSPS) is 13.5. The zero-order chi connectivity index (χ0) is 7.82. The number of hydrogen-bond donors (Lipinski definition) is 3. The number of aliphatic hydroxyl groups is 3. The van der Waals surface area contributed by atoms with Crippen LogP contribution in [-0.2, 0) is 0 Å². The molecule has 0 saturated heterocycles. The highest BCUT2D eigenvalue weighted by Crippen LogP contribution is 2.00. The van der Waals surface area contributed by atoms with Gasteiger partial charge < -0.3 is 15.3 Å². The topological polar surface area (TPSA) is 60.7 Å². The van der Waals surface area contributed by atoms with E-state index in [0.29, 0.717) is 0 Å². The standard InChI is InChI=1S/C7H15O3/c8-5-3-1-2-4-7(10)6-9/h4,7-10H,1-3,5-6H2. The molecular formula is C7H15O3. The van der Waals surface area contributed by atoms with Crippen molar-refractivity contribution < 1.29 is 15.3 Å². The van der Waals surface area contributed by atoms with Crippen molar-refractivity contribution in [1.29, 1.82) is 0 Å². The molecule has 10 heavy (non-hydrogen) atoms. The summed E-state index contributed by atoms with van der Waals surface area (Å²) in [4.78, 5) is 0. The second-order valence-electron chi connectivity index (χ2n) is 2.21. The van der Waals surface area contributed by atoms with Gasteiger partial charge in [-0.1, -0.05) is 6.42 Å². The predicted octanol–water partition coefficient (Wildman–Crippen LogP) is -0.294. The minimum Gasteiger partial charge on any atom is -0.396 e. The van der Waals surface area contributed by atoms with Crippen molar-refractivity contribution in [2.24, 2.45) is 0 Å². The number of hydrogen-bond acceptors (Lipinski definition) is 3. The van der Waals surface area contributed by atoms with Gasteiger partial charge in [-0.05, 0) is 19.3 Å². The first-order valence-corrected chi connectivity index (χ1v) is 3.54. The van der Waals surface area contributed by atoms with E-state index in [1.165, 1.54) is 0 Å². The van der Waals surface area contributed by atoms with E-state index in [2.05, 4.69) is 0 Å². The molecule has 0 saturated carbocycles. The van der Waals surface area contributed by atoms with Crippen LogP contribution in [0.3, 0.4) is 0 Å². The van der Waals surface area contributed by atoms with Gasteiger partial charge in [0, 0.05) is 6.61 Å². The number of rotatable bonds is 6. The van der Waals surface area contributed by atoms with Gasteiger partial charge in [0.1, 0.15) is 0 Å². The first kappa shape index (κ1) is 9.88. The highest BCUT2D eigenvalue weighted by molar-refractivity contribution is 4.73. The summed E-state index contributed by atoms with van der Waals surface area (Å²) in [5, 5.41) is 25.5. The maximum absolute atomic E-state index is 8.79. The summed E-state index contributed by atoms with van der Waals surface area (Å²) < 4.78 is 0. The lowest BCUT2D eigenvalue weighted by Crippen LogP contribution is -2.11. The van der Waals surface area contributed by atoms with Crippen LogP contribution in [0, 0.1) is 6.42 Å². The fourth-order valence-corrected chi connectivity index (χ4v) is 0.641. The molecule has 0 aromatic carbocycles. The van der Waals surface area contributed by atoms with Crippen molar-refractivity contribution in [3.63, 3.8) is 0 Å².